The van der Waals surface area contributed by atoms with Crippen LogP contribution in [0.3, 0.4) is 0 Å². The molecule has 0 aromatic rings. The zero-order valence-corrected chi connectivity index (χ0v) is 11.9. The van der Waals surface area contributed by atoms with Crippen LogP contribution in [-0.4, -0.2) is 27.5 Å². The van der Waals surface area contributed by atoms with Crippen LogP contribution >= 0.6 is 7.14 Å². The topological polar surface area (TPSA) is 0 Å². The van der Waals surface area contributed by atoms with Gasteiger partial charge < -0.3 is 0 Å². The zero-order chi connectivity index (χ0) is 10.9. The molecule has 0 saturated carbocycles. The van der Waals surface area contributed by atoms with E-state index in [4.69, 9.17) is 7.57 Å². The molecular weight excluding hydrogens is 190 g/mol. The van der Waals surface area contributed by atoms with Crippen LogP contribution < -0.4 is 0 Å². The first kappa shape index (κ1) is 13.3. The number of hydrogen-bond donors (Lipinski definition) is 0. The Labute approximate surface area is 86.6 Å². The second-order valence-corrected chi connectivity index (χ2v) is 14.2. The van der Waals surface area contributed by atoms with Crippen molar-refractivity contribution in [2.45, 2.75) is 45.6 Å². The van der Waals surface area contributed by atoms with Gasteiger partial charge in [-0.15, -0.1) is 0 Å². The molecule has 72 valence electrons. The second kappa shape index (κ2) is 3.79. The highest BCUT2D eigenvalue weighted by molar-refractivity contribution is 8.01. The van der Waals surface area contributed by atoms with E-state index in [2.05, 4.69) is 58.3 Å². The fraction of sp³-hybridized carbons (Fsp3) is 0.800. The van der Waals surface area contributed by atoms with Gasteiger partial charge in [-0.25, -0.2) is 0 Å². The van der Waals surface area contributed by atoms with Crippen LogP contribution in [0.1, 0.15) is 20.8 Å². The number of hydrogen-bond acceptors (Lipinski definition) is 0. The first-order valence-corrected chi connectivity index (χ1v) is 10.5. The quantitative estimate of drug-likeness (QED) is 0.327. The molecular formula is C10H21BPSi+. The molecule has 13 heavy (non-hydrogen) atoms. The number of rotatable bonds is 0. The van der Waals surface area contributed by atoms with Gasteiger partial charge in [0.25, 0.3) is 0 Å². The molecule has 0 aromatic carbocycles. The van der Waals surface area contributed by atoms with E-state index in [1.54, 1.807) is 0 Å². The minimum Gasteiger partial charge on any atom is -0.0918 e. The summed E-state index contributed by atoms with van der Waals surface area (Å²) in [5.74, 6) is 0. The van der Waals surface area contributed by atoms with Gasteiger partial charge >= 0.3 is 7.57 Å². The predicted octanol–water partition coefficient (Wildman–Crippen LogP) is 3.35. The molecule has 0 fully saturated rings. The summed E-state index contributed by atoms with van der Waals surface area (Å²) < 4.78 is 0. The molecule has 0 spiro atoms. The van der Waals surface area contributed by atoms with Gasteiger partial charge in [0.2, 0.25) is 0 Å². The van der Waals surface area contributed by atoms with E-state index in [0.29, 0.717) is 0 Å². The van der Waals surface area contributed by atoms with Crippen molar-refractivity contribution >= 4 is 22.8 Å². The van der Waals surface area contributed by atoms with Gasteiger partial charge in [-0.1, -0.05) is 25.2 Å². The van der Waals surface area contributed by atoms with E-state index in [-0.39, 0.29) is 5.16 Å². The van der Waals surface area contributed by atoms with Gasteiger partial charge in [0.15, 0.2) is 0 Å². The Balaban J connectivity index is 4.77. The van der Waals surface area contributed by atoms with E-state index in [0.717, 1.165) is 0 Å². The Bertz CT molecular complexity index is 234. The first-order valence-electron chi connectivity index (χ1n) is 4.65. The molecule has 0 rings (SSSR count). The molecule has 0 aromatic heterocycles. The standard InChI is InChI=1S/C10H21BPSi/c1-10(2,3)12(4,11)8-9-13(5,6)7/h1-7H3/q+1. The normalized spacial score (nSPS) is 17.2. The molecule has 0 aliphatic rings. The van der Waals surface area contributed by atoms with Crippen molar-refractivity contribution in [2.75, 3.05) is 6.66 Å². The van der Waals surface area contributed by atoms with Gasteiger partial charge in [-0.3, -0.25) is 0 Å². The summed E-state index contributed by atoms with van der Waals surface area (Å²) in [4.78, 5) is 0. The Morgan fingerprint density at radius 2 is 1.54 bits per heavy atom. The van der Waals surface area contributed by atoms with Crippen molar-refractivity contribution in [1.29, 1.82) is 0 Å². The molecule has 0 heterocycles. The SMILES string of the molecule is [B][P+](C)(C#C[Si](C)(C)C)C(C)(C)C. The van der Waals surface area contributed by atoms with Crippen LogP contribution in [0.2, 0.25) is 19.6 Å². The van der Waals surface area contributed by atoms with Crippen molar-refractivity contribution in [3.05, 3.63) is 0 Å². The monoisotopic (exact) mass is 211 g/mol. The maximum Gasteiger partial charge on any atom is 0.381 e. The highest BCUT2D eigenvalue weighted by atomic mass is 31.2. The van der Waals surface area contributed by atoms with E-state index in [9.17, 15) is 0 Å². The molecule has 0 N–H and O–H groups in total. The lowest BCUT2D eigenvalue weighted by atomic mass is 10.3. The predicted molar refractivity (Wildman–Crippen MR) is 69.5 cm³/mol. The summed E-state index contributed by atoms with van der Waals surface area (Å²) in [5, 5.41) is 0.152. The second-order valence-electron chi connectivity index (χ2n) is 5.73. The molecule has 0 amide bonds. The molecule has 0 aliphatic heterocycles. The van der Waals surface area contributed by atoms with Crippen molar-refractivity contribution < 1.29 is 0 Å². The average molecular weight is 211 g/mol. The summed E-state index contributed by atoms with van der Waals surface area (Å²) in [6.45, 7) is 15.4. The van der Waals surface area contributed by atoms with E-state index < -0.39 is 15.2 Å². The molecule has 0 nitrogen and oxygen atoms in total. The zero-order valence-electron chi connectivity index (χ0n) is 10.0. The van der Waals surface area contributed by atoms with Crippen LogP contribution in [0.15, 0.2) is 0 Å². The summed E-state index contributed by atoms with van der Waals surface area (Å²) >= 11 is 0. The van der Waals surface area contributed by atoms with E-state index in [1.165, 1.54) is 0 Å². The molecule has 1 atom stereocenters. The Morgan fingerprint density at radius 3 is 1.77 bits per heavy atom. The average Bonchev–Trinajstić information content (AvgIpc) is 1.79. The van der Waals surface area contributed by atoms with Gasteiger partial charge in [-0.05, 0) is 20.8 Å². The van der Waals surface area contributed by atoms with Crippen molar-refractivity contribution in [2.24, 2.45) is 0 Å². The summed E-state index contributed by atoms with van der Waals surface area (Å²) in [6, 6.07) is 0. The maximum atomic E-state index is 6.26. The maximum absolute atomic E-state index is 6.26. The fourth-order valence-corrected chi connectivity index (χ4v) is 3.06. The molecule has 0 saturated heterocycles. The van der Waals surface area contributed by atoms with Gasteiger partial charge in [-0.2, -0.15) is 0 Å². The summed E-state index contributed by atoms with van der Waals surface area (Å²) in [5.41, 5.74) is 6.72. The minimum absolute atomic E-state index is 0.152. The van der Waals surface area contributed by atoms with Crippen LogP contribution in [0.25, 0.3) is 0 Å². The van der Waals surface area contributed by atoms with Crippen LogP contribution in [0, 0.1) is 11.2 Å². The molecule has 0 bridgehead atoms. The van der Waals surface area contributed by atoms with Crippen molar-refractivity contribution in [3.8, 4) is 11.2 Å². The van der Waals surface area contributed by atoms with E-state index >= 15 is 0 Å². The smallest absolute Gasteiger partial charge is 0.0918 e. The van der Waals surface area contributed by atoms with E-state index in [1.807, 2.05) is 0 Å². The first-order chi connectivity index (χ1) is 5.46. The van der Waals surface area contributed by atoms with Crippen LogP contribution in [0.4, 0.5) is 0 Å². The highest BCUT2D eigenvalue weighted by Gasteiger charge is 2.39. The minimum atomic E-state index is -1.55. The summed E-state index contributed by atoms with van der Waals surface area (Å²) in [6.07, 6.45) is 0. The fourth-order valence-electron chi connectivity index (χ4n) is 0.452. The van der Waals surface area contributed by atoms with Crippen LogP contribution in [-0.2, 0) is 0 Å². The van der Waals surface area contributed by atoms with Gasteiger partial charge in [0, 0.05) is 19.5 Å². The van der Waals surface area contributed by atoms with Gasteiger partial charge in [0.1, 0.15) is 8.07 Å². The van der Waals surface area contributed by atoms with Crippen LogP contribution in [0.5, 0.6) is 0 Å². The van der Waals surface area contributed by atoms with Crippen molar-refractivity contribution in [1.82, 2.24) is 0 Å². The lowest BCUT2D eigenvalue weighted by Gasteiger charge is -2.27. The van der Waals surface area contributed by atoms with Gasteiger partial charge in [0.05, 0.1) is 5.16 Å². The third kappa shape index (κ3) is 4.89. The highest BCUT2D eigenvalue weighted by Crippen LogP contribution is 2.60. The summed E-state index contributed by atoms with van der Waals surface area (Å²) in [7, 11) is 3.45. The molecule has 0 aliphatic carbocycles. The molecule has 3 heteroatoms. The Hall–Kier alpha value is 0.272. The third-order valence-corrected chi connectivity index (χ3v) is 6.51. The Morgan fingerprint density at radius 1 is 1.15 bits per heavy atom. The molecule has 1 unspecified atom stereocenters. The lowest BCUT2D eigenvalue weighted by Crippen LogP contribution is -2.21. The lowest BCUT2D eigenvalue weighted by molar-refractivity contribution is 0.788. The molecule has 2 radical (unpaired) electrons. The largest absolute Gasteiger partial charge is 0.381 e. The third-order valence-electron chi connectivity index (χ3n) is 2.06. The van der Waals surface area contributed by atoms with Crippen molar-refractivity contribution in [3.63, 3.8) is 0 Å². The Kier molecular flexibility index (Phi) is 3.87.